The maximum atomic E-state index is 6.23. The van der Waals surface area contributed by atoms with Crippen LogP contribution in [-0.4, -0.2) is 24.5 Å². The van der Waals surface area contributed by atoms with Crippen LogP contribution in [0.5, 0.6) is 0 Å². The van der Waals surface area contributed by atoms with E-state index in [0.717, 1.165) is 11.6 Å². The Kier molecular flexibility index (Phi) is 5.20. The number of hydrogen-bond donors (Lipinski definition) is 1. The number of nitrogens with two attached hydrogens (primary N) is 1. The third kappa shape index (κ3) is 4.27. The number of benzene rings is 1. The molecule has 0 bridgehead atoms. The lowest BCUT2D eigenvalue weighted by Crippen LogP contribution is -2.44. The summed E-state index contributed by atoms with van der Waals surface area (Å²) in [5.41, 5.74) is 7.63. The average Bonchev–Trinajstić information content (AvgIpc) is 2.27. The predicted molar refractivity (Wildman–Crippen MR) is 79.9 cm³/mol. The third-order valence-electron chi connectivity index (χ3n) is 3.61. The molecular weight excluding hydrogens is 244 g/mol. The van der Waals surface area contributed by atoms with Crippen molar-refractivity contribution in [3.63, 3.8) is 0 Å². The fourth-order valence-corrected chi connectivity index (χ4v) is 1.86. The van der Waals surface area contributed by atoms with E-state index in [9.17, 15) is 0 Å². The molecule has 2 nitrogen and oxygen atoms in total. The highest BCUT2D eigenvalue weighted by Crippen LogP contribution is 2.24. The van der Waals surface area contributed by atoms with Gasteiger partial charge in [-0.05, 0) is 37.1 Å². The topological polar surface area (TPSA) is 29.3 Å². The van der Waals surface area contributed by atoms with Gasteiger partial charge in [0.05, 0.1) is 0 Å². The van der Waals surface area contributed by atoms with Crippen LogP contribution in [0.25, 0.3) is 0 Å². The van der Waals surface area contributed by atoms with Crippen molar-refractivity contribution in [2.24, 2.45) is 11.1 Å². The minimum atomic E-state index is 0.133. The van der Waals surface area contributed by atoms with Crippen LogP contribution in [0.4, 0.5) is 0 Å². The van der Waals surface area contributed by atoms with Crippen LogP contribution in [0.1, 0.15) is 39.3 Å². The van der Waals surface area contributed by atoms with Crippen LogP contribution in [0.2, 0.25) is 5.02 Å². The van der Waals surface area contributed by atoms with Crippen molar-refractivity contribution >= 4 is 11.6 Å². The molecule has 0 radical (unpaired) electrons. The van der Waals surface area contributed by atoms with Gasteiger partial charge in [-0.1, -0.05) is 44.5 Å². The van der Waals surface area contributed by atoms with Crippen molar-refractivity contribution in [3.05, 3.63) is 34.9 Å². The molecule has 0 aromatic heterocycles. The molecule has 0 aliphatic carbocycles. The Labute approximate surface area is 116 Å². The quantitative estimate of drug-likeness (QED) is 0.902. The summed E-state index contributed by atoms with van der Waals surface area (Å²) in [7, 11) is 2.12. The van der Waals surface area contributed by atoms with E-state index in [1.54, 1.807) is 0 Å². The van der Waals surface area contributed by atoms with E-state index in [2.05, 4.69) is 51.8 Å². The van der Waals surface area contributed by atoms with Crippen molar-refractivity contribution in [2.75, 3.05) is 13.6 Å². The van der Waals surface area contributed by atoms with E-state index in [-0.39, 0.29) is 11.5 Å². The molecule has 0 saturated heterocycles. The second-order valence-corrected chi connectivity index (χ2v) is 6.58. The van der Waals surface area contributed by atoms with Crippen LogP contribution < -0.4 is 5.73 Å². The molecule has 1 rings (SSSR count). The molecule has 1 unspecified atom stereocenters. The molecule has 0 aliphatic heterocycles. The zero-order chi connectivity index (χ0) is 13.9. The Hall–Kier alpha value is -0.570. The normalized spacial score (nSPS) is 15.8. The average molecular weight is 269 g/mol. The highest BCUT2D eigenvalue weighted by molar-refractivity contribution is 6.30. The molecular formula is C15H25ClN2. The van der Waals surface area contributed by atoms with Crippen molar-refractivity contribution in [1.29, 1.82) is 0 Å². The maximum absolute atomic E-state index is 6.23. The molecule has 1 aromatic rings. The largest absolute Gasteiger partial charge is 0.326 e. The Bertz CT molecular complexity index is 367. The Morgan fingerprint density at radius 2 is 1.72 bits per heavy atom. The highest BCUT2D eigenvalue weighted by Gasteiger charge is 2.23. The number of likely N-dealkylation sites (N-methyl/N-ethyl adjacent to an activating group) is 1. The molecule has 2 N–H and O–H groups in total. The monoisotopic (exact) mass is 268 g/mol. The number of halogens is 1. The molecule has 0 amide bonds. The Balaban J connectivity index is 2.67. The summed E-state index contributed by atoms with van der Waals surface area (Å²) in [5, 5.41) is 0.778. The second-order valence-electron chi connectivity index (χ2n) is 6.14. The molecule has 1 aromatic carbocycles. The van der Waals surface area contributed by atoms with Gasteiger partial charge in [-0.15, -0.1) is 0 Å². The molecule has 2 atom stereocenters. The molecule has 3 heteroatoms. The molecule has 0 fully saturated rings. The van der Waals surface area contributed by atoms with Crippen LogP contribution >= 0.6 is 11.6 Å². The molecule has 0 saturated carbocycles. The van der Waals surface area contributed by atoms with Crippen molar-refractivity contribution in [2.45, 2.75) is 39.8 Å². The zero-order valence-electron chi connectivity index (χ0n) is 12.1. The van der Waals surface area contributed by atoms with Gasteiger partial charge in [-0.2, -0.15) is 0 Å². The van der Waals surface area contributed by atoms with Crippen LogP contribution in [0.3, 0.4) is 0 Å². The summed E-state index contributed by atoms with van der Waals surface area (Å²) < 4.78 is 0. The van der Waals surface area contributed by atoms with Crippen LogP contribution in [0, 0.1) is 5.41 Å². The first kappa shape index (κ1) is 15.5. The van der Waals surface area contributed by atoms with Crippen LogP contribution in [-0.2, 0) is 0 Å². The maximum Gasteiger partial charge on any atom is 0.0406 e. The van der Waals surface area contributed by atoms with Gasteiger partial charge >= 0.3 is 0 Å². The summed E-state index contributed by atoms with van der Waals surface area (Å²) in [6.07, 6.45) is 0. The van der Waals surface area contributed by atoms with Crippen molar-refractivity contribution in [1.82, 2.24) is 4.90 Å². The second kappa shape index (κ2) is 6.05. The van der Waals surface area contributed by atoms with E-state index in [0.29, 0.717) is 6.04 Å². The van der Waals surface area contributed by atoms with Gasteiger partial charge in [0.15, 0.2) is 0 Å². The zero-order valence-corrected chi connectivity index (χ0v) is 12.8. The first-order chi connectivity index (χ1) is 8.21. The van der Waals surface area contributed by atoms with Gasteiger partial charge in [-0.25, -0.2) is 0 Å². The first-order valence-electron chi connectivity index (χ1n) is 6.43. The summed E-state index contributed by atoms with van der Waals surface area (Å²) in [4.78, 5) is 2.29. The van der Waals surface area contributed by atoms with E-state index >= 15 is 0 Å². The predicted octanol–water partition coefficient (Wildman–Crippen LogP) is 3.71. The van der Waals surface area contributed by atoms with Gasteiger partial charge in [0.2, 0.25) is 0 Å². The molecule has 0 spiro atoms. The van der Waals surface area contributed by atoms with Gasteiger partial charge in [-0.3, -0.25) is 4.90 Å². The lowest BCUT2D eigenvalue weighted by molar-refractivity contribution is 0.191. The van der Waals surface area contributed by atoms with E-state index in [1.807, 2.05) is 12.1 Å². The highest BCUT2D eigenvalue weighted by atomic mass is 35.5. The molecule has 0 aliphatic rings. The fourth-order valence-electron chi connectivity index (χ4n) is 1.74. The lowest BCUT2D eigenvalue weighted by atomic mass is 9.87. The van der Waals surface area contributed by atoms with Gasteiger partial charge in [0.25, 0.3) is 0 Å². The summed E-state index contributed by atoms with van der Waals surface area (Å²) >= 11 is 5.91. The minimum absolute atomic E-state index is 0.133. The number of nitrogens with zero attached hydrogens (tertiary/aromatic N) is 1. The summed E-state index contributed by atoms with van der Waals surface area (Å²) in [6, 6.07) is 8.53. The Morgan fingerprint density at radius 3 is 2.17 bits per heavy atom. The van der Waals surface area contributed by atoms with Gasteiger partial charge in [0, 0.05) is 23.7 Å². The standard InChI is InChI=1S/C15H25ClN2/c1-11(12-6-8-13(16)9-7-12)18(5)10-14(17)15(2,3)4/h6-9,11,14H,10,17H2,1-5H3/t11?,14-/m0/s1. The molecule has 0 heterocycles. The van der Waals surface area contributed by atoms with Gasteiger partial charge in [0.1, 0.15) is 0 Å². The summed E-state index contributed by atoms with van der Waals surface area (Å²) in [5.74, 6) is 0. The Morgan fingerprint density at radius 1 is 1.22 bits per heavy atom. The molecule has 102 valence electrons. The van der Waals surface area contributed by atoms with E-state index < -0.39 is 0 Å². The third-order valence-corrected chi connectivity index (χ3v) is 3.86. The smallest absolute Gasteiger partial charge is 0.0406 e. The molecule has 18 heavy (non-hydrogen) atoms. The summed E-state index contributed by atoms with van der Waals surface area (Å²) in [6.45, 7) is 9.61. The van der Waals surface area contributed by atoms with Gasteiger partial charge < -0.3 is 5.73 Å². The van der Waals surface area contributed by atoms with Crippen molar-refractivity contribution < 1.29 is 0 Å². The number of rotatable bonds is 4. The van der Waals surface area contributed by atoms with Crippen molar-refractivity contribution in [3.8, 4) is 0 Å². The fraction of sp³-hybridized carbons (Fsp3) is 0.600. The minimum Gasteiger partial charge on any atom is -0.326 e. The lowest BCUT2D eigenvalue weighted by Gasteiger charge is -2.34. The first-order valence-corrected chi connectivity index (χ1v) is 6.81. The van der Waals surface area contributed by atoms with E-state index in [4.69, 9.17) is 17.3 Å². The van der Waals surface area contributed by atoms with E-state index in [1.165, 1.54) is 5.56 Å². The number of hydrogen-bond acceptors (Lipinski definition) is 2. The SMILES string of the molecule is CC(c1ccc(Cl)cc1)N(C)C[C@H](N)C(C)(C)C. The van der Waals surface area contributed by atoms with Crippen LogP contribution in [0.15, 0.2) is 24.3 Å².